The number of carboxylic acids is 1. The van der Waals surface area contributed by atoms with Gasteiger partial charge in [-0.25, -0.2) is 13.6 Å². The number of carboxylic acid groups (broad SMARTS) is 1. The number of carbonyl (C=O) groups is 3. The van der Waals surface area contributed by atoms with Crippen LogP contribution in [0.15, 0.2) is 59.5 Å². The highest BCUT2D eigenvalue weighted by atomic mass is 32.2. The van der Waals surface area contributed by atoms with E-state index >= 15 is 0 Å². The highest BCUT2D eigenvalue weighted by Crippen LogP contribution is 2.40. The van der Waals surface area contributed by atoms with Gasteiger partial charge in [0, 0.05) is 35.8 Å². The smallest absolute Gasteiger partial charge is 0.335 e. The third-order valence-electron chi connectivity index (χ3n) is 5.92. The molecule has 12 heteroatoms. The fraction of sp³-hybridized carbons (Fsp3) is 0.143. The van der Waals surface area contributed by atoms with Crippen LogP contribution in [0.3, 0.4) is 0 Å². The molecule has 1 saturated heterocycles. The molecule has 3 aromatic rings. The second-order valence-corrected chi connectivity index (χ2v) is 10.1. The summed E-state index contributed by atoms with van der Waals surface area (Å²) in [6, 6.07) is 12.4. The van der Waals surface area contributed by atoms with Crippen LogP contribution >= 0.6 is 24.0 Å². The van der Waals surface area contributed by atoms with Crippen molar-refractivity contribution in [3.8, 4) is 22.6 Å². The minimum Gasteiger partial charge on any atom is -0.496 e. The summed E-state index contributed by atoms with van der Waals surface area (Å²) >= 11 is 6.43. The number of nitrogens with one attached hydrogen (secondary N) is 1. The SMILES string of the molecule is COc1cc(OC)c(-c2ccc(F)c(F)c2)cc1/C=C1\SC(=S)N(CCC(=O)Nc2ccc(C(=O)O)cc2)C1=O. The number of aromatic carboxylic acids is 1. The van der Waals surface area contributed by atoms with Crippen LogP contribution in [0.1, 0.15) is 22.3 Å². The van der Waals surface area contributed by atoms with Gasteiger partial charge in [-0.1, -0.05) is 30.0 Å². The van der Waals surface area contributed by atoms with E-state index in [1.807, 2.05) is 0 Å². The normalized spacial score (nSPS) is 14.0. The highest BCUT2D eigenvalue weighted by Gasteiger charge is 2.32. The van der Waals surface area contributed by atoms with Crippen LogP contribution in [0.4, 0.5) is 14.5 Å². The van der Waals surface area contributed by atoms with Crippen molar-refractivity contribution in [2.24, 2.45) is 0 Å². The maximum Gasteiger partial charge on any atom is 0.335 e. The number of anilines is 1. The first-order valence-electron chi connectivity index (χ1n) is 11.7. The van der Waals surface area contributed by atoms with E-state index in [0.29, 0.717) is 33.9 Å². The molecule has 0 aromatic heterocycles. The Morgan fingerprint density at radius 3 is 2.35 bits per heavy atom. The van der Waals surface area contributed by atoms with Crippen LogP contribution in [0.25, 0.3) is 17.2 Å². The van der Waals surface area contributed by atoms with Crippen LogP contribution in [-0.2, 0) is 9.59 Å². The Hall–Kier alpha value is -4.29. The van der Waals surface area contributed by atoms with E-state index < -0.39 is 23.5 Å². The number of methoxy groups -OCH3 is 2. The van der Waals surface area contributed by atoms with Gasteiger partial charge in [0.25, 0.3) is 5.91 Å². The molecule has 1 aliphatic heterocycles. The summed E-state index contributed by atoms with van der Waals surface area (Å²) in [7, 11) is 2.88. The highest BCUT2D eigenvalue weighted by molar-refractivity contribution is 8.26. The van der Waals surface area contributed by atoms with Crippen molar-refractivity contribution in [3.05, 3.63) is 82.3 Å². The van der Waals surface area contributed by atoms with E-state index in [1.54, 1.807) is 18.2 Å². The van der Waals surface area contributed by atoms with Crippen molar-refractivity contribution in [3.63, 3.8) is 0 Å². The molecule has 0 atom stereocenters. The maximum atomic E-state index is 13.9. The molecular weight excluding hydrogens is 562 g/mol. The predicted molar refractivity (Wildman–Crippen MR) is 151 cm³/mol. The first-order valence-corrected chi connectivity index (χ1v) is 12.9. The lowest BCUT2D eigenvalue weighted by Crippen LogP contribution is -2.31. The third-order valence-corrected chi connectivity index (χ3v) is 7.30. The van der Waals surface area contributed by atoms with Crippen molar-refractivity contribution >= 4 is 57.8 Å². The van der Waals surface area contributed by atoms with Crippen LogP contribution in [0.2, 0.25) is 0 Å². The monoisotopic (exact) mass is 584 g/mol. The number of nitrogens with zero attached hydrogens (tertiary/aromatic N) is 1. The standard InChI is InChI=1S/C28H22F2N2O6S2/c1-37-22-14-23(38-2)19(16-5-8-20(29)21(30)12-16)11-17(22)13-24-26(34)32(28(39)40-24)10-9-25(33)31-18-6-3-15(4-7-18)27(35)36/h3-8,11-14H,9-10H2,1-2H3,(H,31,33)(H,35,36)/b24-13-. The zero-order chi connectivity index (χ0) is 29.0. The Morgan fingerprint density at radius 1 is 1.02 bits per heavy atom. The van der Waals surface area contributed by atoms with Crippen LogP contribution in [0, 0.1) is 11.6 Å². The first kappa shape index (κ1) is 28.7. The molecule has 2 amide bonds. The quantitative estimate of drug-likeness (QED) is 0.248. The second-order valence-electron chi connectivity index (χ2n) is 8.44. The second kappa shape index (κ2) is 12.3. The van der Waals surface area contributed by atoms with Crippen LogP contribution in [0.5, 0.6) is 11.5 Å². The number of benzene rings is 3. The Morgan fingerprint density at radius 2 is 1.73 bits per heavy atom. The number of thiocarbonyl (C=S) groups is 1. The molecule has 1 fully saturated rings. The molecule has 0 unspecified atom stereocenters. The van der Waals surface area contributed by atoms with Crippen LogP contribution < -0.4 is 14.8 Å². The molecule has 2 N–H and O–H groups in total. The van der Waals surface area contributed by atoms with E-state index in [2.05, 4.69) is 5.32 Å². The minimum absolute atomic E-state index is 0.0287. The van der Waals surface area contributed by atoms with Gasteiger partial charge in [-0.2, -0.15) is 0 Å². The summed E-state index contributed by atoms with van der Waals surface area (Å²) < 4.78 is 38.6. The number of hydrogen-bond donors (Lipinski definition) is 2. The Labute approximate surface area is 237 Å². The zero-order valence-electron chi connectivity index (χ0n) is 21.2. The fourth-order valence-electron chi connectivity index (χ4n) is 3.89. The Bertz CT molecular complexity index is 1540. The largest absolute Gasteiger partial charge is 0.496 e. The van der Waals surface area contributed by atoms with E-state index in [0.717, 1.165) is 23.9 Å². The van der Waals surface area contributed by atoms with Gasteiger partial charge in [0.2, 0.25) is 5.91 Å². The lowest BCUT2D eigenvalue weighted by Gasteiger charge is -2.15. The van der Waals surface area contributed by atoms with Gasteiger partial charge >= 0.3 is 5.97 Å². The summed E-state index contributed by atoms with van der Waals surface area (Å²) in [5.74, 6) is -3.12. The molecule has 3 aromatic carbocycles. The van der Waals surface area contributed by atoms with Gasteiger partial charge < -0.3 is 19.9 Å². The number of halogens is 2. The summed E-state index contributed by atoms with van der Waals surface area (Å²) in [6.45, 7) is 0.0287. The predicted octanol–water partition coefficient (Wildman–Crippen LogP) is 5.58. The molecule has 0 spiro atoms. The van der Waals surface area contributed by atoms with Crippen molar-refractivity contribution < 1.29 is 37.7 Å². The van der Waals surface area contributed by atoms with Crippen molar-refractivity contribution in [1.82, 2.24) is 4.90 Å². The first-order chi connectivity index (χ1) is 19.1. The van der Waals surface area contributed by atoms with Crippen molar-refractivity contribution in [2.45, 2.75) is 6.42 Å². The number of ether oxygens (including phenoxy) is 2. The molecule has 40 heavy (non-hydrogen) atoms. The van der Waals surface area contributed by atoms with Crippen LogP contribution in [-0.4, -0.2) is 52.9 Å². The van der Waals surface area contributed by atoms with Gasteiger partial charge in [-0.15, -0.1) is 0 Å². The minimum atomic E-state index is -1.08. The molecule has 1 aliphatic rings. The van der Waals surface area contributed by atoms with E-state index in [-0.39, 0.29) is 33.7 Å². The number of thioether (sulfide) groups is 1. The molecule has 1 heterocycles. The summed E-state index contributed by atoms with van der Waals surface area (Å²) in [4.78, 5) is 38.2. The van der Waals surface area contributed by atoms with E-state index in [9.17, 15) is 23.2 Å². The molecule has 206 valence electrons. The van der Waals surface area contributed by atoms with E-state index in [4.69, 9.17) is 26.8 Å². The summed E-state index contributed by atoms with van der Waals surface area (Å²) in [5, 5.41) is 11.6. The molecule has 0 saturated carbocycles. The number of amides is 2. The van der Waals surface area contributed by atoms with Crippen molar-refractivity contribution in [2.75, 3.05) is 26.1 Å². The van der Waals surface area contributed by atoms with Gasteiger partial charge in [0.05, 0.1) is 24.7 Å². The summed E-state index contributed by atoms with van der Waals surface area (Å²) in [6.07, 6.45) is 1.53. The third kappa shape index (κ3) is 6.29. The lowest BCUT2D eigenvalue weighted by atomic mass is 10.0. The van der Waals surface area contributed by atoms with Crippen molar-refractivity contribution in [1.29, 1.82) is 0 Å². The lowest BCUT2D eigenvalue weighted by molar-refractivity contribution is -0.122. The number of rotatable bonds is 9. The van der Waals surface area contributed by atoms with E-state index in [1.165, 1.54) is 49.5 Å². The topological polar surface area (TPSA) is 105 Å². The average molecular weight is 585 g/mol. The zero-order valence-corrected chi connectivity index (χ0v) is 22.8. The molecule has 4 rings (SSSR count). The van der Waals surface area contributed by atoms with Gasteiger partial charge in [0.1, 0.15) is 15.8 Å². The molecular formula is C28H22F2N2O6S2. The number of hydrogen-bond acceptors (Lipinski definition) is 7. The van der Waals surface area contributed by atoms with Gasteiger partial charge in [0.15, 0.2) is 11.6 Å². The maximum absolute atomic E-state index is 13.9. The fourth-order valence-corrected chi connectivity index (χ4v) is 5.19. The Balaban J connectivity index is 1.52. The molecule has 0 bridgehead atoms. The number of carbonyl (C=O) groups excluding carboxylic acids is 2. The van der Waals surface area contributed by atoms with Gasteiger partial charge in [-0.3, -0.25) is 14.5 Å². The Kier molecular flexibility index (Phi) is 8.80. The molecule has 8 nitrogen and oxygen atoms in total. The molecule has 0 aliphatic carbocycles. The molecule has 0 radical (unpaired) electrons. The van der Waals surface area contributed by atoms with Gasteiger partial charge in [-0.05, 0) is 54.1 Å². The summed E-state index contributed by atoms with van der Waals surface area (Å²) in [5.41, 5.74) is 1.81. The average Bonchev–Trinajstić information content (AvgIpc) is 3.20.